The average Bonchev–Trinajstić information content (AvgIpc) is 3.09. The molecule has 1 aliphatic carbocycles. The van der Waals surface area contributed by atoms with Crippen molar-refractivity contribution in [3.8, 4) is 5.69 Å². The fourth-order valence-corrected chi connectivity index (χ4v) is 2.30. The van der Waals surface area contributed by atoms with Crippen LogP contribution in [0.15, 0.2) is 30.5 Å². The summed E-state index contributed by atoms with van der Waals surface area (Å²) < 4.78 is 1.66. The number of carboxylic acids is 1. The van der Waals surface area contributed by atoms with Crippen LogP contribution in [-0.4, -0.2) is 20.9 Å². The maximum absolute atomic E-state index is 11.2. The lowest BCUT2D eigenvalue weighted by molar-refractivity contribution is 0.0695. The number of para-hydroxylation sites is 1. The molecule has 0 amide bonds. The number of carboxylic acid groups (broad SMARTS) is 1. The van der Waals surface area contributed by atoms with Crippen LogP contribution in [0.1, 0.15) is 34.8 Å². The Bertz CT molecular complexity index is 617. The van der Waals surface area contributed by atoms with Crippen molar-refractivity contribution >= 4 is 17.6 Å². The minimum Gasteiger partial charge on any atom is -0.478 e. The fourth-order valence-electron chi connectivity index (χ4n) is 2.09. The molecule has 0 unspecified atom stereocenters. The predicted molar refractivity (Wildman–Crippen MR) is 67.5 cm³/mol. The first-order chi connectivity index (χ1) is 8.68. The quantitative estimate of drug-likeness (QED) is 0.925. The van der Waals surface area contributed by atoms with Gasteiger partial charge < -0.3 is 5.11 Å². The highest BCUT2D eigenvalue weighted by Gasteiger charge is 2.33. The molecule has 1 N–H and O–H groups in total. The second kappa shape index (κ2) is 4.14. The molecule has 1 aliphatic rings. The molecule has 0 aliphatic heterocycles. The Morgan fingerprint density at radius 2 is 2.11 bits per heavy atom. The molecule has 92 valence electrons. The number of benzene rings is 1. The van der Waals surface area contributed by atoms with Gasteiger partial charge in [-0.15, -0.1) is 0 Å². The van der Waals surface area contributed by atoms with E-state index in [-0.39, 0.29) is 11.5 Å². The van der Waals surface area contributed by atoms with Crippen molar-refractivity contribution in [2.75, 3.05) is 0 Å². The summed E-state index contributed by atoms with van der Waals surface area (Å²) in [5, 5.41) is 13.9. The molecule has 1 heterocycles. The summed E-state index contributed by atoms with van der Waals surface area (Å²) in [6.07, 6.45) is 3.42. The van der Waals surface area contributed by atoms with Crippen LogP contribution in [0.25, 0.3) is 5.69 Å². The van der Waals surface area contributed by atoms with Gasteiger partial charge in [-0.05, 0) is 25.0 Å². The zero-order valence-electron chi connectivity index (χ0n) is 9.51. The van der Waals surface area contributed by atoms with Crippen LogP contribution in [-0.2, 0) is 0 Å². The molecule has 0 atom stereocenters. The molecule has 3 rings (SSSR count). The monoisotopic (exact) mass is 262 g/mol. The summed E-state index contributed by atoms with van der Waals surface area (Å²) in [6.45, 7) is 0. The molecule has 4 nitrogen and oxygen atoms in total. The van der Waals surface area contributed by atoms with E-state index in [4.69, 9.17) is 11.6 Å². The first kappa shape index (κ1) is 11.3. The number of aromatic nitrogens is 2. The summed E-state index contributed by atoms with van der Waals surface area (Å²) in [5.74, 6) is -0.648. The molecule has 1 fully saturated rings. The van der Waals surface area contributed by atoms with Gasteiger partial charge in [0.2, 0.25) is 0 Å². The average molecular weight is 263 g/mol. The second-order valence-corrected chi connectivity index (χ2v) is 4.79. The molecule has 1 saturated carbocycles. The number of carbonyl (C=O) groups is 1. The Kier molecular flexibility index (Phi) is 2.59. The van der Waals surface area contributed by atoms with E-state index in [1.165, 1.54) is 6.20 Å². The van der Waals surface area contributed by atoms with Crippen LogP contribution in [0.3, 0.4) is 0 Å². The highest BCUT2D eigenvalue weighted by molar-refractivity contribution is 6.32. The summed E-state index contributed by atoms with van der Waals surface area (Å²) in [5.41, 5.74) is 1.77. The van der Waals surface area contributed by atoms with Gasteiger partial charge in [0.25, 0.3) is 0 Å². The Morgan fingerprint density at radius 1 is 1.39 bits per heavy atom. The van der Waals surface area contributed by atoms with E-state index < -0.39 is 5.97 Å². The highest BCUT2D eigenvalue weighted by Crippen LogP contribution is 2.42. The van der Waals surface area contributed by atoms with Crippen molar-refractivity contribution in [1.82, 2.24) is 9.78 Å². The van der Waals surface area contributed by atoms with E-state index in [9.17, 15) is 9.90 Å². The fraction of sp³-hybridized carbons (Fsp3) is 0.231. The Labute approximate surface area is 109 Å². The maximum atomic E-state index is 11.2. The van der Waals surface area contributed by atoms with E-state index in [2.05, 4.69) is 5.10 Å². The van der Waals surface area contributed by atoms with Crippen LogP contribution >= 0.6 is 11.6 Å². The lowest BCUT2D eigenvalue weighted by atomic mass is 10.1. The molecule has 5 heteroatoms. The van der Waals surface area contributed by atoms with Gasteiger partial charge in [-0.2, -0.15) is 5.10 Å². The van der Waals surface area contributed by atoms with Crippen LogP contribution in [0.4, 0.5) is 0 Å². The lowest BCUT2D eigenvalue weighted by Crippen LogP contribution is -2.05. The summed E-state index contributed by atoms with van der Waals surface area (Å²) in [7, 11) is 0. The van der Waals surface area contributed by atoms with Gasteiger partial charge in [0.15, 0.2) is 0 Å². The van der Waals surface area contributed by atoms with Crippen molar-refractivity contribution in [1.29, 1.82) is 0 Å². The maximum Gasteiger partial charge on any atom is 0.339 e. The normalized spacial score (nSPS) is 14.7. The number of hydrogen-bond donors (Lipinski definition) is 1. The van der Waals surface area contributed by atoms with Crippen molar-refractivity contribution in [3.05, 3.63) is 46.7 Å². The van der Waals surface area contributed by atoms with E-state index in [0.717, 1.165) is 24.2 Å². The molecular formula is C13H11ClN2O2. The first-order valence-corrected chi connectivity index (χ1v) is 6.12. The predicted octanol–water partition coefficient (Wildman–Crippen LogP) is 3.10. The van der Waals surface area contributed by atoms with Gasteiger partial charge in [-0.3, -0.25) is 0 Å². The Balaban J connectivity index is 2.18. The van der Waals surface area contributed by atoms with Crippen molar-refractivity contribution < 1.29 is 9.90 Å². The third-order valence-corrected chi connectivity index (χ3v) is 3.40. The van der Waals surface area contributed by atoms with Crippen molar-refractivity contribution in [3.63, 3.8) is 0 Å². The summed E-state index contributed by atoms with van der Waals surface area (Å²) in [4.78, 5) is 11.2. The lowest BCUT2D eigenvalue weighted by Gasteiger charge is -2.09. The van der Waals surface area contributed by atoms with Crippen molar-refractivity contribution in [2.24, 2.45) is 0 Å². The highest BCUT2D eigenvalue weighted by atomic mass is 35.5. The molecular weight excluding hydrogens is 252 g/mol. The van der Waals surface area contributed by atoms with Crippen LogP contribution < -0.4 is 0 Å². The molecule has 18 heavy (non-hydrogen) atoms. The van der Waals surface area contributed by atoms with Gasteiger partial charge in [0.1, 0.15) is 5.56 Å². The van der Waals surface area contributed by atoms with Gasteiger partial charge in [-0.1, -0.05) is 23.7 Å². The first-order valence-electron chi connectivity index (χ1n) is 5.74. The zero-order chi connectivity index (χ0) is 12.7. The number of rotatable bonds is 3. The van der Waals surface area contributed by atoms with Gasteiger partial charge >= 0.3 is 5.97 Å². The molecule has 0 spiro atoms. The smallest absolute Gasteiger partial charge is 0.339 e. The van der Waals surface area contributed by atoms with Gasteiger partial charge in [0.05, 0.1) is 22.6 Å². The number of hydrogen-bond acceptors (Lipinski definition) is 2. The standard InChI is InChI=1S/C13H11ClN2O2/c14-10-3-1-2-4-11(10)16-12(8-5-6-8)9(7-15-16)13(17)18/h1-4,7-8H,5-6H2,(H,17,18). The Morgan fingerprint density at radius 3 is 2.72 bits per heavy atom. The van der Waals surface area contributed by atoms with E-state index in [0.29, 0.717) is 5.02 Å². The van der Waals surface area contributed by atoms with Crippen LogP contribution in [0.5, 0.6) is 0 Å². The van der Waals surface area contributed by atoms with E-state index in [1.54, 1.807) is 10.7 Å². The van der Waals surface area contributed by atoms with E-state index >= 15 is 0 Å². The minimum absolute atomic E-state index is 0.275. The summed E-state index contributed by atoms with van der Waals surface area (Å²) in [6, 6.07) is 7.31. The van der Waals surface area contributed by atoms with Crippen LogP contribution in [0, 0.1) is 0 Å². The number of halogens is 1. The van der Waals surface area contributed by atoms with Crippen LogP contribution in [0.2, 0.25) is 5.02 Å². The molecule has 0 radical (unpaired) electrons. The van der Waals surface area contributed by atoms with Gasteiger partial charge in [0, 0.05) is 5.92 Å². The molecule has 2 aromatic rings. The third kappa shape index (κ3) is 1.78. The van der Waals surface area contributed by atoms with Gasteiger partial charge in [-0.25, -0.2) is 9.48 Å². The molecule has 0 saturated heterocycles. The minimum atomic E-state index is -0.935. The molecule has 1 aromatic heterocycles. The Hall–Kier alpha value is -1.81. The SMILES string of the molecule is O=C(O)c1cnn(-c2ccccc2Cl)c1C1CC1. The summed E-state index contributed by atoms with van der Waals surface area (Å²) >= 11 is 6.14. The number of aromatic carboxylic acids is 1. The van der Waals surface area contributed by atoms with E-state index in [1.807, 2.05) is 18.2 Å². The largest absolute Gasteiger partial charge is 0.478 e. The molecule has 1 aromatic carbocycles. The number of nitrogens with zero attached hydrogens (tertiary/aromatic N) is 2. The zero-order valence-corrected chi connectivity index (χ0v) is 10.3. The topological polar surface area (TPSA) is 55.1 Å². The second-order valence-electron chi connectivity index (χ2n) is 4.39. The third-order valence-electron chi connectivity index (χ3n) is 3.08. The molecule has 0 bridgehead atoms. The van der Waals surface area contributed by atoms with Crippen molar-refractivity contribution in [2.45, 2.75) is 18.8 Å².